The van der Waals surface area contributed by atoms with E-state index in [-0.39, 0.29) is 29.2 Å². The predicted octanol–water partition coefficient (Wildman–Crippen LogP) is 2.04. The van der Waals surface area contributed by atoms with E-state index in [1.165, 1.54) is 23.5 Å². The molecule has 0 saturated heterocycles. The summed E-state index contributed by atoms with van der Waals surface area (Å²) >= 11 is 5.79. The average molecular weight is 356 g/mol. The van der Waals surface area contributed by atoms with Gasteiger partial charge in [-0.1, -0.05) is 24.1 Å². The summed E-state index contributed by atoms with van der Waals surface area (Å²) < 4.78 is 5.68. The fraction of sp³-hybridized carbons (Fsp3) is 0.588. The third-order valence-corrected chi connectivity index (χ3v) is 4.67. The molecule has 1 aromatic carbocycles. The zero-order valence-corrected chi connectivity index (χ0v) is 14.8. The van der Waals surface area contributed by atoms with Crippen LogP contribution in [0.2, 0.25) is 5.02 Å². The van der Waals surface area contributed by atoms with Gasteiger partial charge in [-0.2, -0.15) is 0 Å². The number of quaternary nitrogens is 1. The van der Waals surface area contributed by atoms with Crippen molar-refractivity contribution in [1.29, 1.82) is 0 Å². The second-order valence-electron chi connectivity index (χ2n) is 6.70. The van der Waals surface area contributed by atoms with E-state index in [0.717, 1.165) is 25.8 Å². The molecule has 24 heavy (non-hydrogen) atoms. The molecular weight excluding hydrogens is 332 g/mol. The number of rotatable bonds is 6. The molecule has 1 aromatic rings. The van der Waals surface area contributed by atoms with Crippen molar-refractivity contribution in [2.45, 2.75) is 38.2 Å². The minimum atomic E-state index is -0.547. The number of ether oxygens (including phenoxy) is 1. The lowest BCUT2D eigenvalue weighted by Crippen LogP contribution is -3.06. The van der Waals surface area contributed by atoms with Crippen LogP contribution >= 0.6 is 11.6 Å². The van der Waals surface area contributed by atoms with Gasteiger partial charge in [-0.05, 0) is 30.9 Å². The first kappa shape index (κ1) is 18.7. The van der Waals surface area contributed by atoms with E-state index in [9.17, 15) is 14.9 Å². The van der Waals surface area contributed by atoms with E-state index in [1.807, 2.05) is 0 Å². The maximum Gasteiger partial charge on any atom is 0.310 e. The predicted molar refractivity (Wildman–Crippen MR) is 91.3 cm³/mol. The summed E-state index contributed by atoms with van der Waals surface area (Å²) in [6.45, 7) is 0.977. The highest BCUT2D eigenvalue weighted by Crippen LogP contribution is 2.28. The lowest BCUT2D eigenvalue weighted by Gasteiger charge is -2.31. The van der Waals surface area contributed by atoms with Crippen LogP contribution in [0.5, 0.6) is 0 Å². The normalized spacial score (nSPS) is 20.8. The van der Waals surface area contributed by atoms with Crippen LogP contribution in [0.4, 0.5) is 5.69 Å². The molecule has 0 aliphatic heterocycles. The SMILES string of the molecule is C[NH+](C)C[C@@H]1CCCC[C@@H]1OC(=O)Cc1ccc(Cl)c([N+](=O)[O-])c1. The number of hydrogen-bond donors (Lipinski definition) is 1. The summed E-state index contributed by atoms with van der Waals surface area (Å²) in [5.41, 5.74) is 0.357. The molecule has 1 aliphatic carbocycles. The number of nitrogens with one attached hydrogen (secondary N) is 1. The molecule has 7 heteroatoms. The van der Waals surface area contributed by atoms with Crippen LogP contribution in [0.15, 0.2) is 18.2 Å². The number of hydrogen-bond acceptors (Lipinski definition) is 4. The summed E-state index contributed by atoms with van der Waals surface area (Å²) in [5.74, 6) is 0.0459. The molecule has 0 amide bonds. The molecule has 0 heterocycles. The van der Waals surface area contributed by atoms with Crippen molar-refractivity contribution in [2.75, 3.05) is 20.6 Å². The van der Waals surface area contributed by atoms with Gasteiger partial charge in [0.2, 0.25) is 0 Å². The first-order chi connectivity index (χ1) is 11.4. The molecule has 132 valence electrons. The minimum Gasteiger partial charge on any atom is -0.462 e. The largest absolute Gasteiger partial charge is 0.462 e. The molecule has 0 bridgehead atoms. The minimum absolute atomic E-state index is 0.0239. The number of esters is 1. The highest BCUT2D eigenvalue weighted by atomic mass is 35.5. The molecule has 0 aromatic heterocycles. The van der Waals surface area contributed by atoms with Crippen LogP contribution in [0.25, 0.3) is 0 Å². The Balaban J connectivity index is 1.99. The van der Waals surface area contributed by atoms with Crippen molar-refractivity contribution in [2.24, 2.45) is 5.92 Å². The summed E-state index contributed by atoms with van der Waals surface area (Å²) in [6, 6.07) is 4.41. The number of nitrogens with zero attached hydrogens (tertiary/aromatic N) is 1. The van der Waals surface area contributed by atoms with Gasteiger partial charge < -0.3 is 9.64 Å². The Morgan fingerprint density at radius 2 is 2.08 bits per heavy atom. The second-order valence-corrected chi connectivity index (χ2v) is 7.11. The molecule has 1 saturated carbocycles. The van der Waals surface area contributed by atoms with Crippen molar-refractivity contribution in [3.05, 3.63) is 38.9 Å². The Morgan fingerprint density at radius 1 is 1.38 bits per heavy atom. The third kappa shape index (κ3) is 5.18. The first-order valence-electron chi connectivity index (χ1n) is 8.28. The summed E-state index contributed by atoms with van der Waals surface area (Å²) in [6.07, 6.45) is 4.19. The monoisotopic (exact) mass is 355 g/mol. The Labute approximate surface area is 146 Å². The topological polar surface area (TPSA) is 73.9 Å². The fourth-order valence-corrected chi connectivity index (χ4v) is 3.46. The van der Waals surface area contributed by atoms with Gasteiger partial charge in [0.1, 0.15) is 11.1 Å². The van der Waals surface area contributed by atoms with Crippen molar-refractivity contribution in [3.63, 3.8) is 0 Å². The van der Waals surface area contributed by atoms with E-state index in [4.69, 9.17) is 16.3 Å². The summed E-state index contributed by atoms with van der Waals surface area (Å²) in [5, 5.41) is 11.0. The second kappa shape index (κ2) is 8.44. The van der Waals surface area contributed by atoms with E-state index in [2.05, 4.69) is 14.1 Å². The van der Waals surface area contributed by atoms with Crippen LogP contribution in [0.3, 0.4) is 0 Å². The van der Waals surface area contributed by atoms with Gasteiger partial charge >= 0.3 is 5.97 Å². The van der Waals surface area contributed by atoms with Gasteiger partial charge in [-0.25, -0.2) is 0 Å². The van der Waals surface area contributed by atoms with Gasteiger partial charge in [-0.15, -0.1) is 0 Å². The molecule has 2 atom stereocenters. The van der Waals surface area contributed by atoms with E-state index >= 15 is 0 Å². The van der Waals surface area contributed by atoms with Gasteiger partial charge in [0.15, 0.2) is 0 Å². The molecule has 2 rings (SSSR count). The van der Waals surface area contributed by atoms with Crippen LogP contribution in [0, 0.1) is 16.0 Å². The van der Waals surface area contributed by atoms with Gasteiger partial charge in [-0.3, -0.25) is 14.9 Å². The Bertz CT molecular complexity index is 606. The number of nitro groups is 1. The number of benzene rings is 1. The Kier molecular flexibility index (Phi) is 6.57. The van der Waals surface area contributed by atoms with Crippen molar-refractivity contribution in [3.8, 4) is 0 Å². The van der Waals surface area contributed by atoms with Crippen molar-refractivity contribution >= 4 is 23.3 Å². The molecular formula is C17H24ClN2O4+. The maximum absolute atomic E-state index is 12.2. The molecule has 1 N–H and O–H groups in total. The van der Waals surface area contributed by atoms with Gasteiger partial charge in [0.05, 0.1) is 32.0 Å². The number of carbonyl (C=O) groups excluding carboxylic acids is 1. The third-order valence-electron chi connectivity index (χ3n) is 4.35. The van der Waals surface area contributed by atoms with Gasteiger partial charge in [0.25, 0.3) is 5.69 Å². The standard InChI is InChI=1S/C17H23ClN2O4/c1-19(2)11-13-5-3-4-6-16(13)24-17(21)10-12-7-8-14(18)15(9-12)20(22)23/h7-9,13,16H,3-6,10-11H2,1-2H3/p+1/t13-,16-/m0/s1. The Hall–Kier alpha value is -1.66. The molecule has 0 radical (unpaired) electrons. The summed E-state index contributed by atoms with van der Waals surface area (Å²) in [4.78, 5) is 24.0. The van der Waals surface area contributed by atoms with Crippen LogP contribution < -0.4 is 4.90 Å². The zero-order chi connectivity index (χ0) is 17.7. The van der Waals surface area contributed by atoms with Crippen molar-refractivity contribution in [1.82, 2.24) is 0 Å². The number of nitro benzene ring substituents is 1. The molecule has 0 unspecified atom stereocenters. The molecule has 6 nitrogen and oxygen atoms in total. The summed E-state index contributed by atoms with van der Waals surface area (Å²) in [7, 11) is 4.20. The average Bonchev–Trinajstić information content (AvgIpc) is 2.50. The zero-order valence-electron chi connectivity index (χ0n) is 14.1. The van der Waals surface area contributed by atoms with Crippen LogP contribution in [-0.4, -0.2) is 37.6 Å². The smallest absolute Gasteiger partial charge is 0.310 e. The van der Waals surface area contributed by atoms with E-state index < -0.39 is 4.92 Å². The van der Waals surface area contributed by atoms with Crippen LogP contribution in [-0.2, 0) is 16.0 Å². The van der Waals surface area contributed by atoms with Gasteiger partial charge in [0, 0.05) is 12.0 Å². The lowest BCUT2D eigenvalue weighted by molar-refractivity contribution is -0.862. The highest BCUT2D eigenvalue weighted by Gasteiger charge is 2.30. The maximum atomic E-state index is 12.2. The molecule has 0 spiro atoms. The number of halogens is 1. The van der Waals surface area contributed by atoms with E-state index in [1.54, 1.807) is 6.07 Å². The quantitative estimate of drug-likeness (QED) is 0.481. The molecule has 1 aliphatic rings. The number of carbonyl (C=O) groups is 1. The highest BCUT2D eigenvalue weighted by molar-refractivity contribution is 6.32. The lowest BCUT2D eigenvalue weighted by atomic mass is 9.86. The fourth-order valence-electron chi connectivity index (χ4n) is 3.27. The first-order valence-corrected chi connectivity index (χ1v) is 8.66. The van der Waals surface area contributed by atoms with Crippen LogP contribution in [0.1, 0.15) is 31.2 Å². The van der Waals surface area contributed by atoms with E-state index in [0.29, 0.717) is 11.5 Å². The van der Waals surface area contributed by atoms with Crippen molar-refractivity contribution < 1.29 is 19.4 Å². The molecule has 1 fully saturated rings. The Morgan fingerprint density at radius 3 is 2.75 bits per heavy atom.